The van der Waals surface area contributed by atoms with E-state index < -0.39 is 0 Å². The van der Waals surface area contributed by atoms with Crippen LogP contribution in [0.5, 0.6) is 0 Å². The predicted octanol–water partition coefficient (Wildman–Crippen LogP) is 1.81. The van der Waals surface area contributed by atoms with E-state index in [1.807, 2.05) is 0 Å². The Balaban J connectivity index is 2.17. The molecule has 1 heteroatoms. The van der Waals surface area contributed by atoms with Crippen LogP contribution in [0.3, 0.4) is 0 Å². The van der Waals surface area contributed by atoms with Gasteiger partial charge >= 0.3 is 0 Å². The van der Waals surface area contributed by atoms with Crippen molar-refractivity contribution in [2.24, 2.45) is 0 Å². The summed E-state index contributed by atoms with van der Waals surface area (Å²) in [6.07, 6.45) is 6.84. The molecule has 2 rings (SSSR count). The fraction of sp³-hybridized carbons (Fsp3) is 0.750. The normalized spacial score (nSPS) is 25.8. The van der Waals surface area contributed by atoms with Gasteiger partial charge in [0.2, 0.25) is 0 Å². The van der Waals surface area contributed by atoms with Crippen LogP contribution in [0.15, 0.2) is 11.3 Å². The van der Waals surface area contributed by atoms with E-state index in [2.05, 4.69) is 5.32 Å². The van der Waals surface area contributed by atoms with Crippen molar-refractivity contribution in [2.45, 2.75) is 32.1 Å². The van der Waals surface area contributed by atoms with Gasteiger partial charge in [-0.05, 0) is 32.1 Å². The van der Waals surface area contributed by atoms with Crippen molar-refractivity contribution < 1.29 is 0 Å². The maximum Gasteiger partial charge on any atom is 0.0147 e. The molecule has 1 N–H and O–H groups in total. The summed E-state index contributed by atoms with van der Waals surface area (Å²) in [5.74, 6) is 0. The van der Waals surface area contributed by atoms with E-state index in [-0.39, 0.29) is 0 Å². The number of hydrogen-bond acceptors (Lipinski definition) is 1. The van der Waals surface area contributed by atoms with Crippen LogP contribution in [0.1, 0.15) is 32.1 Å². The molecule has 0 fully saturated rings. The second-order valence-corrected chi connectivity index (χ2v) is 2.97. The summed E-state index contributed by atoms with van der Waals surface area (Å²) < 4.78 is 0. The van der Waals surface area contributed by atoms with Crippen molar-refractivity contribution in [3.05, 3.63) is 11.3 Å². The number of rotatable bonds is 0. The van der Waals surface area contributed by atoms with Crippen LogP contribution in [-0.2, 0) is 0 Å². The van der Waals surface area contributed by atoms with Crippen LogP contribution in [0.4, 0.5) is 0 Å². The van der Waals surface area contributed by atoms with Gasteiger partial charge in [-0.2, -0.15) is 0 Å². The summed E-state index contributed by atoms with van der Waals surface area (Å²) >= 11 is 0. The average molecular weight is 123 g/mol. The molecule has 1 aliphatic carbocycles. The molecule has 1 nitrogen and oxygen atoms in total. The zero-order valence-corrected chi connectivity index (χ0v) is 5.74. The molecule has 0 spiro atoms. The Bertz CT molecular complexity index is 131. The third-order valence-corrected chi connectivity index (χ3v) is 2.33. The largest absolute Gasteiger partial charge is 0.388 e. The molecule has 1 heterocycles. The van der Waals surface area contributed by atoms with Crippen LogP contribution in [0.25, 0.3) is 0 Å². The summed E-state index contributed by atoms with van der Waals surface area (Å²) in [5, 5.41) is 3.46. The Morgan fingerprint density at radius 1 is 1.00 bits per heavy atom. The van der Waals surface area contributed by atoms with Crippen molar-refractivity contribution >= 4 is 0 Å². The molecule has 0 radical (unpaired) electrons. The first-order chi connectivity index (χ1) is 4.47. The average Bonchev–Trinajstić information content (AvgIpc) is 2.33. The quantitative estimate of drug-likeness (QED) is 0.518. The molecule has 2 aliphatic rings. The zero-order chi connectivity index (χ0) is 6.10. The van der Waals surface area contributed by atoms with Gasteiger partial charge in [0.15, 0.2) is 0 Å². The van der Waals surface area contributed by atoms with Gasteiger partial charge in [0.1, 0.15) is 0 Å². The Morgan fingerprint density at radius 3 is 2.78 bits per heavy atom. The first-order valence-corrected chi connectivity index (χ1v) is 3.91. The van der Waals surface area contributed by atoms with Crippen molar-refractivity contribution in [2.75, 3.05) is 6.54 Å². The van der Waals surface area contributed by atoms with Gasteiger partial charge in [-0.1, -0.05) is 5.57 Å². The van der Waals surface area contributed by atoms with Crippen molar-refractivity contribution in [1.29, 1.82) is 0 Å². The maximum absolute atomic E-state index is 3.46. The summed E-state index contributed by atoms with van der Waals surface area (Å²) in [6, 6.07) is 0. The molecule has 9 heavy (non-hydrogen) atoms. The first-order valence-electron chi connectivity index (χ1n) is 3.91. The van der Waals surface area contributed by atoms with Crippen LogP contribution >= 0.6 is 0 Å². The maximum atomic E-state index is 3.46. The summed E-state index contributed by atoms with van der Waals surface area (Å²) in [7, 11) is 0. The van der Waals surface area contributed by atoms with E-state index in [4.69, 9.17) is 0 Å². The lowest BCUT2D eigenvalue weighted by atomic mass is 10.1. The lowest BCUT2D eigenvalue weighted by Gasteiger charge is -2.15. The van der Waals surface area contributed by atoms with E-state index in [0.29, 0.717) is 0 Å². The highest BCUT2D eigenvalue weighted by Crippen LogP contribution is 2.29. The Labute approximate surface area is 56.1 Å². The van der Waals surface area contributed by atoms with Gasteiger partial charge in [0, 0.05) is 12.2 Å². The van der Waals surface area contributed by atoms with Gasteiger partial charge in [-0.25, -0.2) is 0 Å². The molecule has 0 saturated heterocycles. The molecular formula is C8H13N. The molecule has 0 aromatic heterocycles. The van der Waals surface area contributed by atoms with E-state index in [9.17, 15) is 0 Å². The molecule has 0 aromatic rings. The van der Waals surface area contributed by atoms with Gasteiger partial charge in [0.25, 0.3) is 0 Å². The van der Waals surface area contributed by atoms with Crippen LogP contribution in [0.2, 0.25) is 0 Å². The lowest BCUT2D eigenvalue weighted by Crippen LogP contribution is -2.18. The predicted molar refractivity (Wildman–Crippen MR) is 38.1 cm³/mol. The van der Waals surface area contributed by atoms with E-state index >= 15 is 0 Å². The third kappa shape index (κ3) is 0.846. The smallest absolute Gasteiger partial charge is 0.0147 e. The monoisotopic (exact) mass is 123 g/mol. The summed E-state index contributed by atoms with van der Waals surface area (Å²) in [5.41, 5.74) is 3.31. The zero-order valence-electron chi connectivity index (χ0n) is 5.74. The molecule has 1 aliphatic heterocycles. The minimum atomic E-state index is 1.22. The fourth-order valence-corrected chi connectivity index (χ4v) is 1.84. The summed E-state index contributed by atoms with van der Waals surface area (Å²) in [6.45, 7) is 1.22. The molecule has 0 aromatic carbocycles. The van der Waals surface area contributed by atoms with E-state index in [1.54, 1.807) is 11.3 Å². The van der Waals surface area contributed by atoms with E-state index in [0.717, 1.165) is 0 Å². The van der Waals surface area contributed by atoms with Gasteiger partial charge in [-0.3, -0.25) is 0 Å². The van der Waals surface area contributed by atoms with Crippen LogP contribution < -0.4 is 5.32 Å². The number of hydrogen-bond donors (Lipinski definition) is 1. The molecule has 0 amide bonds. The van der Waals surface area contributed by atoms with Crippen LogP contribution in [-0.4, -0.2) is 6.54 Å². The third-order valence-electron chi connectivity index (χ3n) is 2.33. The highest BCUT2D eigenvalue weighted by molar-refractivity contribution is 5.19. The Hall–Kier alpha value is -0.460. The van der Waals surface area contributed by atoms with Gasteiger partial charge < -0.3 is 5.32 Å². The molecule has 0 atom stereocenters. The molecule has 50 valence electrons. The van der Waals surface area contributed by atoms with E-state index in [1.165, 1.54) is 38.6 Å². The van der Waals surface area contributed by atoms with Gasteiger partial charge in [-0.15, -0.1) is 0 Å². The number of allylic oxidation sites excluding steroid dienone is 2. The molecule has 0 unspecified atom stereocenters. The highest BCUT2D eigenvalue weighted by Gasteiger charge is 2.16. The minimum Gasteiger partial charge on any atom is -0.388 e. The second-order valence-electron chi connectivity index (χ2n) is 2.97. The highest BCUT2D eigenvalue weighted by atomic mass is 14.9. The SMILES string of the molecule is C1CNC2=C(C1)CCC2. The van der Waals surface area contributed by atoms with Crippen molar-refractivity contribution in [1.82, 2.24) is 5.32 Å². The molecule has 0 saturated carbocycles. The van der Waals surface area contributed by atoms with Gasteiger partial charge in [0.05, 0.1) is 0 Å². The van der Waals surface area contributed by atoms with Crippen LogP contribution in [0, 0.1) is 0 Å². The van der Waals surface area contributed by atoms with Crippen molar-refractivity contribution in [3.8, 4) is 0 Å². The second kappa shape index (κ2) is 2.05. The first kappa shape index (κ1) is 5.33. The van der Waals surface area contributed by atoms with Crippen molar-refractivity contribution in [3.63, 3.8) is 0 Å². The molecular weight excluding hydrogens is 110 g/mol. The summed E-state index contributed by atoms with van der Waals surface area (Å²) in [4.78, 5) is 0. The Morgan fingerprint density at radius 2 is 1.89 bits per heavy atom. The number of nitrogens with one attached hydrogen (secondary N) is 1. The Kier molecular flexibility index (Phi) is 1.22. The minimum absolute atomic E-state index is 1.22. The lowest BCUT2D eigenvalue weighted by molar-refractivity contribution is 0.661. The standard InChI is InChI=1S/C8H13N/c1-3-7-4-2-6-9-8(7)5-1/h9H,1-6H2. The fourth-order valence-electron chi connectivity index (χ4n) is 1.84. The topological polar surface area (TPSA) is 12.0 Å². The molecule has 0 bridgehead atoms.